The highest BCUT2D eigenvalue weighted by Crippen LogP contribution is 2.31. The lowest BCUT2D eigenvalue weighted by Crippen LogP contribution is -1.91. The Morgan fingerprint density at radius 3 is 3.00 bits per heavy atom. The molecule has 0 saturated heterocycles. The first-order valence-corrected chi connectivity index (χ1v) is 8.07. The Morgan fingerprint density at radius 1 is 1.30 bits per heavy atom. The molecule has 2 aromatic heterocycles. The minimum Gasteiger partial charge on any atom is -0.462 e. The monoisotopic (exact) mass is 302 g/mol. The molecule has 0 aliphatic carbocycles. The molecule has 0 fully saturated rings. The second kappa shape index (κ2) is 5.73. The SMILES string of the molecule is Cc1c(N)cccc1SCc1csc(-c2ccco2)n1. The van der Waals surface area contributed by atoms with Gasteiger partial charge in [-0.3, -0.25) is 0 Å². The maximum Gasteiger partial charge on any atom is 0.162 e. The number of benzene rings is 1. The zero-order chi connectivity index (χ0) is 13.9. The fourth-order valence-electron chi connectivity index (χ4n) is 1.83. The van der Waals surface area contributed by atoms with Crippen LogP contribution < -0.4 is 5.73 Å². The van der Waals surface area contributed by atoms with Gasteiger partial charge in [-0.1, -0.05) is 6.07 Å². The number of nitrogens with two attached hydrogens (primary N) is 1. The van der Waals surface area contributed by atoms with E-state index in [0.29, 0.717) is 0 Å². The lowest BCUT2D eigenvalue weighted by atomic mass is 10.2. The predicted molar refractivity (Wildman–Crippen MR) is 85.0 cm³/mol. The number of hydrogen-bond acceptors (Lipinski definition) is 5. The first-order chi connectivity index (χ1) is 9.74. The molecule has 5 heteroatoms. The number of furan rings is 1. The number of thioether (sulfide) groups is 1. The number of thiazole rings is 1. The van der Waals surface area contributed by atoms with Crippen molar-refractivity contribution in [2.45, 2.75) is 17.6 Å². The van der Waals surface area contributed by atoms with Crippen LogP contribution in [0.3, 0.4) is 0 Å². The van der Waals surface area contributed by atoms with Gasteiger partial charge in [0.15, 0.2) is 10.8 Å². The topological polar surface area (TPSA) is 52.0 Å². The molecule has 0 bridgehead atoms. The van der Waals surface area contributed by atoms with E-state index >= 15 is 0 Å². The van der Waals surface area contributed by atoms with Crippen molar-refractivity contribution in [1.82, 2.24) is 4.98 Å². The number of rotatable bonds is 4. The standard InChI is InChI=1S/C15H14N2OS2/c1-10-12(16)4-2-6-14(10)19-8-11-9-20-15(17-11)13-5-3-7-18-13/h2-7,9H,8,16H2,1H3. The van der Waals surface area contributed by atoms with E-state index in [4.69, 9.17) is 10.2 Å². The van der Waals surface area contributed by atoms with Gasteiger partial charge in [-0.15, -0.1) is 23.1 Å². The Kier molecular flexibility index (Phi) is 3.80. The van der Waals surface area contributed by atoms with Crippen LogP contribution in [0.5, 0.6) is 0 Å². The molecule has 102 valence electrons. The Hall–Kier alpha value is -1.72. The molecule has 0 amide bonds. The van der Waals surface area contributed by atoms with Crippen LogP contribution in [-0.2, 0) is 5.75 Å². The summed E-state index contributed by atoms with van der Waals surface area (Å²) in [6, 6.07) is 9.81. The highest BCUT2D eigenvalue weighted by molar-refractivity contribution is 7.98. The molecule has 2 N–H and O–H groups in total. The third-order valence-corrected chi connectivity index (χ3v) is 5.08. The highest BCUT2D eigenvalue weighted by atomic mass is 32.2. The summed E-state index contributed by atoms with van der Waals surface area (Å²) in [5.41, 5.74) is 8.96. The molecule has 0 radical (unpaired) electrons. The summed E-state index contributed by atoms with van der Waals surface area (Å²) in [6.45, 7) is 2.05. The summed E-state index contributed by atoms with van der Waals surface area (Å²) in [5.74, 6) is 1.66. The minimum absolute atomic E-state index is 0.825. The molecule has 0 aliphatic heterocycles. The quantitative estimate of drug-likeness (QED) is 0.566. The van der Waals surface area contributed by atoms with E-state index in [9.17, 15) is 0 Å². The Morgan fingerprint density at radius 2 is 2.20 bits per heavy atom. The zero-order valence-electron chi connectivity index (χ0n) is 11.0. The number of hydrogen-bond donors (Lipinski definition) is 1. The van der Waals surface area contributed by atoms with E-state index in [-0.39, 0.29) is 0 Å². The molecule has 20 heavy (non-hydrogen) atoms. The van der Waals surface area contributed by atoms with Gasteiger partial charge < -0.3 is 10.2 Å². The smallest absolute Gasteiger partial charge is 0.162 e. The lowest BCUT2D eigenvalue weighted by molar-refractivity contribution is 0.581. The maximum atomic E-state index is 5.92. The number of anilines is 1. The van der Waals surface area contributed by atoms with Gasteiger partial charge in [0, 0.05) is 21.7 Å². The predicted octanol–water partition coefficient (Wildman–Crippen LogP) is 4.59. The Bertz CT molecular complexity index is 704. The van der Waals surface area contributed by atoms with Crippen LogP contribution in [0.4, 0.5) is 5.69 Å². The van der Waals surface area contributed by atoms with Crippen molar-refractivity contribution in [3.8, 4) is 10.8 Å². The van der Waals surface area contributed by atoms with Gasteiger partial charge in [-0.25, -0.2) is 4.98 Å². The van der Waals surface area contributed by atoms with Crippen LogP contribution in [-0.4, -0.2) is 4.98 Å². The molecular formula is C15H14N2OS2. The van der Waals surface area contributed by atoms with Gasteiger partial charge in [0.1, 0.15) is 0 Å². The molecule has 0 aliphatic rings. The molecule has 0 unspecified atom stereocenters. The molecule has 3 aromatic rings. The molecule has 0 saturated carbocycles. The van der Waals surface area contributed by atoms with Crippen molar-refractivity contribution in [2.24, 2.45) is 0 Å². The van der Waals surface area contributed by atoms with Crippen molar-refractivity contribution in [3.05, 3.63) is 53.2 Å². The second-order valence-corrected chi connectivity index (χ2v) is 6.26. The van der Waals surface area contributed by atoms with Crippen LogP contribution in [0.2, 0.25) is 0 Å². The fraction of sp³-hybridized carbons (Fsp3) is 0.133. The molecule has 1 aromatic carbocycles. The summed E-state index contributed by atoms with van der Waals surface area (Å²) < 4.78 is 5.36. The van der Waals surface area contributed by atoms with E-state index in [1.54, 1.807) is 29.4 Å². The van der Waals surface area contributed by atoms with Crippen LogP contribution in [0, 0.1) is 6.92 Å². The van der Waals surface area contributed by atoms with Crippen LogP contribution in [0.1, 0.15) is 11.3 Å². The molecule has 2 heterocycles. The summed E-state index contributed by atoms with van der Waals surface area (Å²) >= 11 is 3.37. The summed E-state index contributed by atoms with van der Waals surface area (Å²) in [4.78, 5) is 5.80. The van der Waals surface area contributed by atoms with E-state index in [0.717, 1.165) is 33.5 Å². The molecule has 3 nitrogen and oxygen atoms in total. The normalized spacial score (nSPS) is 10.8. The minimum atomic E-state index is 0.825. The summed E-state index contributed by atoms with van der Waals surface area (Å²) in [5, 5.41) is 3.00. The molecule has 0 atom stereocenters. The third-order valence-electron chi connectivity index (χ3n) is 2.99. The van der Waals surface area contributed by atoms with Crippen molar-refractivity contribution in [2.75, 3.05) is 5.73 Å². The van der Waals surface area contributed by atoms with Gasteiger partial charge >= 0.3 is 0 Å². The maximum absolute atomic E-state index is 5.92. The van der Waals surface area contributed by atoms with Gasteiger partial charge in [-0.05, 0) is 36.8 Å². The van der Waals surface area contributed by atoms with Gasteiger partial charge in [0.2, 0.25) is 0 Å². The highest BCUT2D eigenvalue weighted by Gasteiger charge is 2.08. The van der Waals surface area contributed by atoms with Gasteiger partial charge in [0.05, 0.1) is 12.0 Å². The van der Waals surface area contributed by atoms with Crippen molar-refractivity contribution in [1.29, 1.82) is 0 Å². The Balaban J connectivity index is 1.71. The van der Waals surface area contributed by atoms with Crippen molar-refractivity contribution in [3.63, 3.8) is 0 Å². The fourth-order valence-corrected chi connectivity index (χ4v) is 3.68. The largest absolute Gasteiger partial charge is 0.462 e. The van der Waals surface area contributed by atoms with E-state index < -0.39 is 0 Å². The van der Waals surface area contributed by atoms with Gasteiger partial charge in [0.25, 0.3) is 0 Å². The molecule has 3 rings (SSSR count). The molecular weight excluding hydrogens is 288 g/mol. The van der Waals surface area contributed by atoms with E-state index in [2.05, 4.69) is 16.4 Å². The van der Waals surface area contributed by atoms with E-state index in [1.807, 2.05) is 31.2 Å². The number of nitrogen functional groups attached to an aromatic ring is 1. The lowest BCUT2D eigenvalue weighted by Gasteiger charge is -2.06. The van der Waals surface area contributed by atoms with Crippen molar-refractivity contribution < 1.29 is 4.42 Å². The van der Waals surface area contributed by atoms with Crippen LogP contribution >= 0.6 is 23.1 Å². The van der Waals surface area contributed by atoms with E-state index in [1.165, 1.54) is 4.90 Å². The summed E-state index contributed by atoms with van der Waals surface area (Å²) in [7, 11) is 0. The van der Waals surface area contributed by atoms with Crippen LogP contribution in [0.25, 0.3) is 10.8 Å². The third kappa shape index (κ3) is 2.73. The first-order valence-electron chi connectivity index (χ1n) is 6.20. The number of aromatic nitrogens is 1. The second-order valence-electron chi connectivity index (χ2n) is 4.38. The van der Waals surface area contributed by atoms with Crippen molar-refractivity contribution >= 4 is 28.8 Å². The van der Waals surface area contributed by atoms with Gasteiger partial charge in [-0.2, -0.15) is 0 Å². The first kappa shape index (κ1) is 13.3. The summed E-state index contributed by atoms with van der Waals surface area (Å²) in [6.07, 6.45) is 1.67. The average Bonchev–Trinajstić information content (AvgIpc) is 3.10. The average molecular weight is 302 g/mol. The molecule has 0 spiro atoms. The Labute approximate surface area is 125 Å². The zero-order valence-corrected chi connectivity index (χ0v) is 12.6. The number of nitrogens with zero attached hydrogens (tertiary/aromatic N) is 1. The van der Waals surface area contributed by atoms with Crippen LogP contribution in [0.15, 0.2) is 51.3 Å².